The van der Waals surface area contributed by atoms with Crippen molar-refractivity contribution in [2.75, 3.05) is 41.4 Å². The van der Waals surface area contributed by atoms with Crippen LogP contribution in [-0.2, 0) is 11.3 Å². The molecular weight excluding hydrogens is 512 g/mol. The first-order chi connectivity index (χ1) is 20.1. The Morgan fingerprint density at radius 3 is 2.49 bits per heavy atom. The number of nitrogens with one attached hydrogen (secondary N) is 2. The van der Waals surface area contributed by atoms with Crippen molar-refractivity contribution in [1.82, 2.24) is 10.3 Å². The number of rotatable bonds is 7. The van der Waals surface area contributed by atoms with Crippen LogP contribution in [0.2, 0.25) is 0 Å². The van der Waals surface area contributed by atoms with Crippen molar-refractivity contribution in [1.29, 1.82) is 5.26 Å². The van der Waals surface area contributed by atoms with Crippen LogP contribution < -0.4 is 20.4 Å². The highest BCUT2D eigenvalue weighted by Crippen LogP contribution is 2.39. The zero-order chi connectivity index (χ0) is 28.1. The van der Waals surface area contributed by atoms with E-state index in [2.05, 4.69) is 50.9 Å². The van der Waals surface area contributed by atoms with Gasteiger partial charge in [-0.15, -0.1) is 0 Å². The fourth-order valence-electron chi connectivity index (χ4n) is 6.46. The van der Waals surface area contributed by atoms with Crippen LogP contribution in [0.5, 0.6) is 0 Å². The van der Waals surface area contributed by atoms with Crippen molar-refractivity contribution in [2.45, 2.75) is 57.2 Å². The molecule has 8 nitrogen and oxygen atoms in total. The molecule has 2 N–H and O–H groups in total. The van der Waals surface area contributed by atoms with Crippen molar-refractivity contribution in [3.63, 3.8) is 0 Å². The summed E-state index contributed by atoms with van der Waals surface area (Å²) in [6, 6.07) is 24.7. The molecule has 2 saturated heterocycles. The van der Waals surface area contributed by atoms with Gasteiger partial charge < -0.3 is 20.3 Å². The minimum atomic E-state index is -0.0599. The lowest BCUT2D eigenvalue weighted by Crippen LogP contribution is -2.54. The number of carbonyl (C=O) groups excluding carboxylic acids is 1. The molecule has 2 amide bonds. The first-order valence-corrected chi connectivity index (χ1v) is 14.8. The van der Waals surface area contributed by atoms with Crippen LogP contribution in [0.15, 0.2) is 72.9 Å². The van der Waals surface area contributed by atoms with Crippen LogP contribution in [0.4, 0.5) is 22.0 Å². The molecule has 3 fully saturated rings. The Balaban J connectivity index is 1.14. The lowest BCUT2D eigenvalue weighted by Gasteiger charge is -2.49. The molecule has 1 saturated carbocycles. The maximum absolute atomic E-state index is 13.7. The number of pyridine rings is 1. The minimum absolute atomic E-state index is 0.0599. The van der Waals surface area contributed by atoms with Crippen LogP contribution in [0.1, 0.15) is 49.7 Å². The van der Waals surface area contributed by atoms with Crippen molar-refractivity contribution in [2.24, 2.45) is 5.41 Å². The quantitative estimate of drug-likeness (QED) is 0.392. The van der Waals surface area contributed by atoms with Gasteiger partial charge in [0.05, 0.1) is 18.8 Å². The second-order valence-corrected chi connectivity index (χ2v) is 11.7. The van der Waals surface area contributed by atoms with Crippen molar-refractivity contribution < 1.29 is 9.53 Å². The predicted molar refractivity (Wildman–Crippen MR) is 161 cm³/mol. The second kappa shape index (κ2) is 12.2. The molecule has 2 aliphatic heterocycles. The van der Waals surface area contributed by atoms with E-state index in [1.165, 1.54) is 18.5 Å². The third-order valence-corrected chi connectivity index (χ3v) is 8.78. The molecule has 1 aromatic heterocycles. The van der Waals surface area contributed by atoms with Crippen LogP contribution in [-0.4, -0.2) is 49.4 Å². The van der Waals surface area contributed by atoms with E-state index in [4.69, 9.17) is 10.00 Å². The standard InChI is InChI=1S/C33H38N6O2/c34-19-26-7-16-31(35-21-26)37-27-8-10-29(11-9-27)39(32(40)36-20-25-5-2-1-3-6-25)30-14-12-28(13-15-30)38-18-4-17-33(22-38)23-41-24-33/h1-3,5-7,12-16,21,27,29H,4,8-11,17-18,20,22-24H2,(H,35,37)(H,36,40)/t27-,29-. The molecule has 0 bridgehead atoms. The minimum Gasteiger partial charge on any atom is -0.380 e. The van der Waals surface area contributed by atoms with E-state index in [0.29, 0.717) is 17.5 Å². The van der Waals surface area contributed by atoms with E-state index in [9.17, 15) is 4.79 Å². The Morgan fingerprint density at radius 1 is 1.05 bits per heavy atom. The van der Waals surface area contributed by atoms with Gasteiger partial charge in [-0.3, -0.25) is 4.90 Å². The maximum Gasteiger partial charge on any atom is 0.322 e. The molecule has 1 aliphatic carbocycles. The average molecular weight is 551 g/mol. The van der Waals surface area contributed by atoms with E-state index < -0.39 is 0 Å². The lowest BCUT2D eigenvalue weighted by molar-refractivity contribution is -0.117. The summed E-state index contributed by atoms with van der Waals surface area (Å²) < 4.78 is 5.55. The van der Waals surface area contributed by atoms with Crippen LogP contribution in [0, 0.1) is 16.7 Å². The van der Waals surface area contributed by atoms with Crippen molar-refractivity contribution in [3.05, 3.63) is 84.1 Å². The molecular formula is C33H38N6O2. The van der Waals surface area contributed by atoms with Gasteiger partial charge in [-0.2, -0.15) is 5.26 Å². The molecule has 0 unspecified atom stereocenters. The molecule has 2 aromatic carbocycles. The molecule has 41 heavy (non-hydrogen) atoms. The van der Waals surface area contributed by atoms with Gasteiger partial charge in [0.2, 0.25) is 0 Å². The van der Waals surface area contributed by atoms with Crippen molar-refractivity contribution >= 4 is 23.2 Å². The van der Waals surface area contributed by atoms with Gasteiger partial charge in [0.1, 0.15) is 11.9 Å². The molecule has 1 spiro atoms. The van der Waals surface area contributed by atoms with Crippen molar-refractivity contribution in [3.8, 4) is 6.07 Å². The summed E-state index contributed by atoms with van der Waals surface area (Å²) in [6.07, 6.45) is 7.69. The number of hydrogen-bond donors (Lipinski definition) is 2. The number of hydrogen-bond acceptors (Lipinski definition) is 6. The van der Waals surface area contributed by atoms with Gasteiger partial charge in [0.15, 0.2) is 0 Å². The Bertz CT molecular complexity index is 1340. The van der Waals surface area contributed by atoms with Gasteiger partial charge in [-0.25, -0.2) is 9.78 Å². The van der Waals surface area contributed by atoms with E-state index >= 15 is 0 Å². The largest absolute Gasteiger partial charge is 0.380 e. The number of benzene rings is 2. The number of carbonyl (C=O) groups is 1. The number of nitriles is 1. The SMILES string of the molecule is N#Cc1ccc(N[C@H]2CC[C@H](N(C(=O)NCc3ccccc3)c3ccc(N4CCCC5(COC5)C4)cc3)CC2)nc1. The van der Waals surface area contributed by atoms with E-state index in [0.717, 1.165) is 69.1 Å². The number of ether oxygens (including phenoxy) is 1. The summed E-state index contributed by atoms with van der Waals surface area (Å²) in [6.45, 7) is 4.34. The molecule has 0 radical (unpaired) electrons. The topological polar surface area (TPSA) is 93.5 Å². The summed E-state index contributed by atoms with van der Waals surface area (Å²) >= 11 is 0. The van der Waals surface area contributed by atoms with E-state index in [1.54, 1.807) is 12.3 Å². The zero-order valence-electron chi connectivity index (χ0n) is 23.5. The Labute approximate surface area is 242 Å². The highest BCUT2D eigenvalue weighted by Gasteiger charge is 2.42. The number of aromatic nitrogens is 1. The lowest BCUT2D eigenvalue weighted by atomic mass is 9.78. The average Bonchev–Trinajstić information content (AvgIpc) is 3.01. The summed E-state index contributed by atoms with van der Waals surface area (Å²) in [4.78, 5) is 22.5. The van der Waals surface area contributed by atoms with Gasteiger partial charge in [0, 0.05) is 54.7 Å². The van der Waals surface area contributed by atoms with E-state index in [-0.39, 0.29) is 18.1 Å². The molecule has 0 atom stereocenters. The zero-order valence-corrected chi connectivity index (χ0v) is 23.5. The number of nitrogens with zero attached hydrogens (tertiary/aromatic N) is 4. The van der Waals surface area contributed by atoms with Crippen LogP contribution >= 0.6 is 0 Å². The van der Waals surface area contributed by atoms with E-state index in [1.807, 2.05) is 41.3 Å². The first-order valence-electron chi connectivity index (χ1n) is 14.8. The summed E-state index contributed by atoms with van der Waals surface area (Å²) in [5, 5.41) is 15.7. The third-order valence-electron chi connectivity index (χ3n) is 8.78. The monoisotopic (exact) mass is 550 g/mol. The van der Waals surface area contributed by atoms with Gasteiger partial charge in [-0.1, -0.05) is 30.3 Å². The third kappa shape index (κ3) is 6.31. The summed E-state index contributed by atoms with van der Waals surface area (Å²) in [5.74, 6) is 0.786. The molecule has 3 aromatic rings. The number of anilines is 3. The van der Waals surface area contributed by atoms with Gasteiger partial charge in [-0.05, 0) is 80.5 Å². The van der Waals surface area contributed by atoms with Gasteiger partial charge >= 0.3 is 6.03 Å². The molecule has 3 aliphatic rings. The Morgan fingerprint density at radius 2 is 1.83 bits per heavy atom. The number of urea groups is 1. The number of piperidine rings is 1. The summed E-state index contributed by atoms with van der Waals surface area (Å²) in [5.41, 5.74) is 4.10. The highest BCUT2D eigenvalue weighted by molar-refractivity contribution is 5.92. The summed E-state index contributed by atoms with van der Waals surface area (Å²) in [7, 11) is 0. The van der Waals surface area contributed by atoms with Crippen LogP contribution in [0.25, 0.3) is 0 Å². The fraction of sp³-hybridized carbons (Fsp3) is 0.424. The predicted octanol–water partition coefficient (Wildman–Crippen LogP) is 5.71. The fourth-order valence-corrected chi connectivity index (χ4v) is 6.46. The van der Waals surface area contributed by atoms with Gasteiger partial charge in [0.25, 0.3) is 0 Å². The maximum atomic E-state index is 13.7. The Kier molecular flexibility index (Phi) is 8.06. The number of amides is 2. The Hall–Kier alpha value is -4.09. The normalized spacial score (nSPS) is 21.4. The second-order valence-electron chi connectivity index (χ2n) is 11.7. The molecule has 212 valence electrons. The molecule has 8 heteroatoms. The highest BCUT2D eigenvalue weighted by atomic mass is 16.5. The smallest absolute Gasteiger partial charge is 0.322 e. The van der Waals surface area contributed by atoms with Crippen LogP contribution in [0.3, 0.4) is 0 Å². The molecule has 3 heterocycles. The first kappa shape index (κ1) is 27.1. The molecule has 6 rings (SSSR count).